The fraction of sp³-hybridized carbons (Fsp3) is 0.267. The maximum absolute atomic E-state index is 12.1. The van der Waals surface area contributed by atoms with Crippen LogP contribution in [0.3, 0.4) is 0 Å². The van der Waals surface area contributed by atoms with E-state index in [-0.39, 0.29) is 11.8 Å². The van der Waals surface area contributed by atoms with Gasteiger partial charge in [0.25, 0.3) is 0 Å². The van der Waals surface area contributed by atoms with E-state index in [4.69, 9.17) is 4.42 Å². The number of carbonyl (C=O) groups is 1. The van der Waals surface area contributed by atoms with E-state index >= 15 is 0 Å². The number of nitrogens with zero attached hydrogens (tertiary/aromatic N) is 4. The summed E-state index contributed by atoms with van der Waals surface area (Å²) in [5.74, 6) is 1.51. The molecule has 3 aromatic heterocycles. The molecule has 0 bridgehead atoms. The number of carbonyl (C=O) groups excluding carboxylic acids is 1. The molecule has 112 valence electrons. The smallest absolute Gasteiger partial charge is 0.226 e. The van der Waals surface area contributed by atoms with Gasteiger partial charge in [0.2, 0.25) is 5.91 Å². The summed E-state index contributed by atoms with van der Waals surface area (Å²) in [7, 11) is 1.87. The zero-order valence-corrected chi connectivity index (χ0v) is 12.1. The number of fused-ring (bicyclic) bond motifs is 1. The van der Waals surface area contributed by atoms with Gasteiger partial charge in [-0.15, -0.1) is 0 Å². The van der Waals surface area contributed by atoms with Gasteiger partial charge in [0, 0.05) is 31.1 Å². The molecule has 7 heteroatoms. The summed E-state index contributed by atoms with van der Waals surface area (Å²) in [4.78, 5) is 12.1. The molecule has 4 rings (SSSR count). The standard InChI is InChI=1S/C15H15N5O2/c1-19-8-10(6-16-19)12-5-14(21)18-15-13(12)7-17-20(15)9-11-3-2-4-22-11/h2-4,6-8,12H,5,9H2,1H3,(H,18,21)/t12-/m1/s1. The van der Waals surface area contributed by atoms with E-state index < -0.39 is 0 Å². The number of rotatable bonds is 3. The first-order chi connectivity index (χ1) is 10.7. The number of anilines is 1. The highest BCUT2D eigenvalue weighted by molar-refractivity contribution is 5.94. The van der Waals surface area contributed by atoms with Crippen molar-refractivity contribution in [3.63, 3.8) is 0 Å². The average molecular weight is 297 g/mol. The number of aryl methyl sites for hydroxylation is 1. The van der Waals surface area contributed by atoms with E-state index in [2.05, 4.69) is 15.5 Å². The van der Waals surface area contributed by atoms with Crippen LogP contribution in [0.25, 0.3) is 0 Å². The van der Waals surface area contributed by atoms with Gasteiger partial charge in [0.15, 0.2) is 0 Å². The summed E-state index contributed by atoms with van der Waals surface area (Å²) >= 11 is 0. The number of hydrogen-bond donors (Lipinski definition) is 1. The van der Waals surface area contributed by atoms with Crippen LogP contribution in [0, 0.1) is 0 Å². The van der Waals surface area contributed by atoms with Crippen molar-refractivity contribution in [2.45, 2.75) is 18.9 Å². The van der Waals surface area contributed by atoms with Crippen LogP contribution >= 0.6 is 0 Å². The first-order valence-electron chi connectivity index (χ1n) is 7.07. The van der Waals surface area contributed by atoms with E-state index in [1.54, 1.807) is 21.8 Å². The second-order valence-corrected chi connectivity index (χ2v) is 5.44. The highest BCUT2D eigenvalue weighted by atomic mass is 16.3. The van der Waals surface area contributed by atoms with Crippen LogP contribution < -0.4 is 5.32 Å². The van der Waals surface area contributed by atoms with E-state index in [1.165, 1.54) is 0 Å². The Kier molecular flexibility index (Phi) is 2.85. The maximum Gasteiger partial charge on any atom is 0.226 e. The van der Waals surface area contributed by atoms with Gasteiger partial charge >= 0.3 is 0 Å². The average Bonchev–Trinajstić information content (AvgIpc) is 3.21. The minimum Gasteiger partial charge on any atom is -0.467 e. The lowest BCUT2D eigenvalue weighted by Crippen LogP contribution is -2.24. The molecular weight excluding hydrogens is 282 g/mol. The molecule has 0 radical (unpaired) electrons. The van der Waals surface area contributed by atoms with Gasteiger partial charge in [-0.3, -0.25) is 9.48 Å². The van der Waals surface area contributed by atoms with Crippen molar-refractivity contribution < 1.29 is 9.21 Å². The topological polar surface area (TPSA) is 77.9 Å². The molecule has 0 aromatic carbocycles. The minimum atomic E-state index is -0.0115. The highest BCUT2D eigenvalue weighted by Crippen LogP contribution is 2.36. The maximum atomic E-state index is 12.1. The molecule has 1 aliphatic heterocycles. The van der Waals surface area contributed by atoms with Gasteiger partial charge in [-0.05, 0) is 17.7 Å². The SMILES string of the molecule is Cn1cc([C@H]2CC(=O)Nc3c2cnn3Cc2ccco2)cn1. The monoisotopic (exact) mass is 297 g/mol. The summed E-state index contributed by atoms with van der Waals surface area (Å²) in [5.41, 5.74) is 2.04. The molecule has 7 nitrogen and oxygen atoms in total. The predicted molar refractivity (Wildman–Crippen MR) is 78.3 cm³/mol. The molecule has 1 atom stereocenters. The van der Waals surface area contributed by atoms with Crippen molar-refractivity contribution in [3.05, 3.63) is 53.9 Å². The molecule has 4 heterocycles. The quantitative estimate of drug-likeness (QED) is 0.798. The fourth-order valence-corrected chi connectivity index (χ4v) is 2.86. The Bertz CT molecular complexity index is 815. The van der Waals surface area contributed by atoms with Crippen LogP contribution in [-0.4, -0.2) is 25.5 Å². The predicted octanol–water partition coefficient (Wildman–Crippen LogP) is 1.73. The lowest BCUT2D eigenvalue weighted by molar-refractivity contribution is -0.116. The van der Waals surface area contributed by atoms with E-state index in [9.17, 15) is 4.79 Å². The Morgan fingerprint density at radius 2 is 2.32 bits per heavy atom. The first-order valence-corrected chi connectivity index (χ1v) is 7.07. The van der Waals surface area contributed by atoms with Crippen LogP contribution in [-0.2, 0) is 18.4 Å². The Morgan fingerprint density at radius 3 is 3.05 bits per heavy atom. The van der Waals surface area contributed by atoms with E-state index in [0.717, 1.165) is 22.7 Å². The highest BCUT2D eigenvalue weighted by Gasteiger charge is 2.30. The number of furan rings is 1. The van der Waals surface area contributed by atoms with Crippen LogP contribution in [0.1, 0.15) is 29.2 Å². The van der Waals surface area contributed by atoms with Gasteiger partial charge < -0.3 is 9.73 Å². The van der Waals surface area contributed by atoms with Gasteiger partial charge in [0.1, 0.15) is 18.1 Å². The van der Waals surface area contributed by atoms with Crippen LogP contribution in [0.2, 0.25) is 0 Å². The summed E-state index contributed by atoms with van der Waals surface area (Å²) in [6, 6.07) is 3.72. The summed E-state index contributed by atoms with van der Waals surface area (Å²) in [5, 5.41) is 11.5. The number of aromatic nitrogens is 4. The molecule has 0 aliphatic carbocycles. The van der Waals surface area contributed by atoms with Crippen molar-refractivity contribution >= 4 is 11.7 Å². The lowest BCUT2D eigenvalue weighted by Gasteiger charge is -2.22. The van der Waals surface area contributed by atoms with Gasteiger partial charge in [-0.1, -0.05) is 0 Å². The van der Waals surface area contributed by atoms with E-state index in [0.29, 0.717) is 13.0 Å². The summed E-state index contributed by atoms with van der Waals surface area (Å²) < 4.78 is 8.86. The fourth-order valence-electron chi connectivity index (χ4n) is 2.86. The third-order valence-electron chi connectivity index (χ3n) is 3.90. The Hall–Kier alpha value is -2.83. The Labute approximate surface area is 126 Å². The van der Waals surface area contributed by atoms with Crippen LogP contribution in [0.5, 0.6) is 0 Å². The van der Waals surface area contributed by atoms with Gasteiger partial charge in [-0.2, -0.15) is 10.2 Å². The third-order valence-corrected chi connectivity index (χ3v) is 3.90. The molecule has 22 heavy (non-hydrogen) atoms. The molecule has 0 spiro atoms. The molecular formula is C15H15N5O2. The molecule has 0 unspecified atom stereocenters. The number of nitrogens with one attached hydrogen (secondary N) is 1. The molecule has 1 aliphatic rings. The van der Waals surface area contributed by atoms with Gasteiger partial charge in [-0.25, -0.2) is 4.68 Å². The molecule has 0 saturated carbocycles. The van der Waals surface area contributed by atoms with Crippen molar-refractivity contribution in [3.8, 4) is 0 Å². The Balaban J connectivity index is 1.72. The Morgan fingerprint density at radius 1 is 1.41 bits per heavy atom. The second kappa shape index (κ2) is 4.87. The molecule has 1 amide bonds. The second-order valence-electron chi connectivity index (χ2n) is 5.44. The minimum absolute atomic E-state index is 0.0113. The summed E-state index contributed by atoms with van der Waals surface area (Å²) in [6.45, 7) is 0.488. The lowest BCUT2D eigenvalue weighted by atomic mass is 9.89. The number of amides is 1. The zero-order chi connectivity index (χ0) is 15.1. The molecule has 1 N–H and O–H groups in total. The normalized spacial score (nSPS) is 17.3. The van der Waals surface area contributed by atoms with E-state index in [1.807, 2.05) is 31.6 Å². The zero-order valence-electron chi connectivity index (χ0n) is 12.1. The van der Waals surface area contributed by atoms with Crippen LogP contribution in [0.15, 0.2) is 41.4 Å². The van der Waals surface area contributed by atoms with Crippen molar-refractivity contribution in [2.24, 2.45) is 7.05 Å². The molecule has 0 saturated heterocycles. The molecule has 3 aromatic rings. The van der Waals surface area contributed by atoms with Gasteiger partial charge in [0.05, 0.1) is 18.7 Å². The van der Waals surface area contributed by atoms with Crippen molar-refractivity contribution in [2.75, 3.05) is 5.32 Å². The first kappa shape index (κ1) is 12.9. The van der Waals surface area contributed by atoms with Crippen molar-refractivity contribution in [1.82, 2.24) is 19.6 Å². The third kappa shape index (κ3) is 2.11. The number of hydrogen-bond acceptors (Lipinski definition) is 4. The molecule has 0 fully saturated rings. The summed E-state index contributed by atoms with van der Waals surface area (Å²) in [6.07, 6.45) is 7.59. The van der Waals surface area contributed by atoms with Crippen molar-refractivity contribution in [1.29, 1.82) is 0 Å². The van der Waals surface area contributed by atoms with Crippen LogP contribution in [0.4, 0.5) is 5.82 Å². The largest absolute Gasteiger partial charge is 0.467 e.